The zero-order valence-corrected chi connectivity index (χ0v) is 25.2. The SMILES string of the molecule is O=C1C2C(C(=O)N1c1ccc(Cl)cc1)[C@@H]1C[C@H]2C2Sc3[nH]c(=O)sc3C(c3ccc(OCc4cccc(Cl)c4)cc3)C21. The van der Waals surface area contributed by atoms with Gasteiger partial charge in [-0.15, -0.1) is 11.8 Å². The van der Waals surface area contributed by atoms with Crippen LogP contribution in [0.4, 0.5) is 5.69 Å². The second-order valence-corrected chi connectivity index (χ2v) is 14.5. The van der Waals surface area contributed by atoms with Gasteiger partial charge in [0, 0.05) is 26.1 Å². The zero-order chi connectivity index (χ0) is 28.7. The van der Waals surface area contributed by atoms with E-state index >= 15 is 0 Å². The minimum Gasteiger partial charge on any atom is -0.489 e. The van der Waals surface area contributed by atoms with Crippen molar-refractivity contribution in [2.75, 3.05) is 4.90 Å². The van der Waals surface area contributed by atoms with Crippen LogP contribution in [0.25, 0.3) is 0 Å². The monoisotopic (exact) mass is 634 g/mol. The molecule has 2 saturated carbocycles. The van der Waals surface area contributed by atoms with Crippen molar-refractivity contribution in [1.82, 2.24) is 4.98 Å². The Hall–Kier alpha value is -3.04. The summed E-state index contributed by atoms with van der Waals surface area (Å²) in [5.74, 6) is 0.0680. The van der Waals surface area contributed by atoms with Crippen molar-refractivity contribution in [2.45, 2.75) is 29.2 Å². The Labute approximate surface area is 260 Å². The lowest BCUT2D eigenvalue weighted by Crippen LogP contribution is -2.42. The molecular weight excluding hydrogens is 611 g/mol. The molecule has 8 rings (SSSR count). The number of thiazole rings is 1. The number of H-pyrrole nitrogens is 1. The summed E-state index contributed by atoms with van der Waals surface area (Å²) in [5, 5.41) is 2.27. The Bertz CT molecular complexity index is 1790. The molecular formula is C32H24Cl2N2O4S2. The Morgan fingerprint density at radius 1 is 0.881 bits per heavy atom. The maximum absolute atomic E-state index is 13.9. The molecule has 4 aliphatic rings. The molecule has 2 aliphatic carbocycles. The fourth-order valence-corrected chi connectivity index (χ4v) is 11.0. The van der Waals surface area contributed by atoms with E-state index in [-0.39, 0.29) is 57.4 Å². The Kier molecular flexibility index (Phi) is 6.34. The summed E-state index contributed by atoms with van der Waals surface area (Å²) in [6.45, 7) is 0.404. The molecule has 1 aromatic heterocycles. The number of aromatic amines is 1. The second-order valence-electron chi connectivity index (χ2n) is 11.4. The van der Waals surface area contributed by atoms with Gasteiger partial charge in [0.1, 0.15) is 12.4 Å². The Balaban J connectivity index is 1.11. The number of aromatic nitrogens is 1. The van der Waals surface area contributed by atoms with Crippen molar-refractivity contribution in [2.24, 2.45) is 29.6 Å². The summed E-state index contributed by atoms with van der Waals surface area (Å²) in [6.07, 6.45) is 0.847. The summed E-state index contributed by atoms with van der Waals surface area (Å²) in [4.78, 5) is 45.6. The molecule has 0 spiro atoms. The van der Waals surface area contributed by atoms with Crippen molar-refractivity contribution >= 4 is 63.8 Å². The first-order chi connectivity index (χ1) is 20.4. The fraction of sp³-hybridized carbons (Fsp3) is 0.281. The third-order valence-corrected chi connectivity index (χ3v) is 12.4. The second kappa shape index (κ2) is 10.0. The third-order valence-electron chi connectivity index (χ3n) is 9.34. The first kappa shape index (κ1) is 26.6. The highest BCUT2D eigenvalue weighted by Crippen LogP contribution is 2.68. The number of benzene rings is 3. The number of carbonyl (C=O) groups excluding carboxylic acids is 2. The number of carbonyl (C=O) groups is 2. The number of halogens is 2. The van der Waals surface area contributed by atoms with Crippen LogP contribution in [-0.2, 0) is 16.2 Å². The van der Waals surface area contributed by atoms with Crippen LogP contribution >= 0.6 is 46.3 Å². The van der Waals surface area contributed by atoms with Crippen molar-refractivity contribution < 1.29 is 14.3 Å². The van der Waals surface area contributed by atoms with E-state index in [9.17, 15) is 14.4 Å². The highest BCUT2D eigenvalue weighted by Gasteiger charge is 2.69. The Morgan fingerprint density at radius 3 is 2.36 bits per heavy atom. The van der Waals surface area contributed by atoms with Gasteiger partial charge in [0.25, 0.3) is 0 Å². The van der Waals surface area contributed by atoms with Crippen LogP contribution in [0.15, 0.2) is 82.6 Å². The molecule has 2 bridgehead atoms. The standard InChI is InChI=1S/C32H24Cl2N2O4S2/c33-17-6-8-19(9-7-17)36-30(37)25-21-13-22(26(25)31(36)38)27-24(21)23(28-29(41-27)35-32(39)42-28)16-4-10-20(11-5-16)40-14-15-2-1-3-18(34)12-15/h1-12,21-27H,13-14H2,(H,35,39)/t21-,22-,23?,24?,25?,26?,27?/m1/s1. The number of fused-ring (bicyclic) bond motifs is 9. The van der Waals surface area contributed by atoms with Gasteiger partial charge >= 0.3 is 4.87 Å². The molecule has 1 saturated heterocycles. The lowest BCUT2D eigenvalue weighted by molar-refractivity contribution is -0.123. The van der Waals surface area contributed by atoms with E-state index in [0.717, 1.165) is 33.2 Å². The van der Waals surface area contributed by atoms with Gasteiger partial charge < -0.3 is 9.72 Å². The number of anilines is 1. The number of amides is 2. The van der Waals surface area contributed by atoms with Crippen LogP contribution < -0.4 is 14.5 Å². The molecule has 7 atom stereocenters. The number of ether oxygens (including phenoxy) is 1. The highest BCUT2D eigenvalue weighted by atomic mass is 35.5. The minimum absolute atomic E-state index is 0.0411. The predicted octanol–water partition coefficient (Wildman–Crippen LogP) is 7.00. The molecule has 1 N–H and O–H groups in total. The van der Waals surface area contributed by atoms with Gasteiger partial charge in [0.05, 0.1) is 22.5 Å². The van der Waals surface area contributed by atoms with E-state index in [0.29, 0.717) is 22.3 Å². The van der Waals surface area contributed by atoms with Crippen LogP contribution in [0.3, 0.4) is 0 Å². The van der Waals surface area contributed by atoms with Crippen molar-refractivity contribution in [1.29, 1.82) is 0 Å². The summed E-state index contributed by atoms with van der Waals surface area (Å²) >= 11 is 15.1. The van der Waals surface area contributed by atoms with Gasteiger partial charge in [-0.05, 0) is 83.8 Å². The van der Waals surface area contributed by atoms with Crippen LogP contribution in [0, 0.1) is 29.6 Å². The third kappa shape index (κ3) is 4.10. The largest absolute Gasteiger partial charge is 0.489 e. The summed E-state index contributed by atoms with van der Waals surface area (Å²) < 4.78 is 6.03. The van der Waals surface area contributed by atoms with E-state index in [1.807, 2.05) is 36.4 Å². The normalized spacial score (nSPS) is 29.0. The van der Waals surface area contributed by atoms with E-state index < -0.39 is 0 Å². The molecule has 3 aromatic carbocycles. The Morgan fingerprint density at radius 2 is 1.62 bits per heavy atom. The topological polar surface area (TPSA) is 79.5 Å². The fourth-order valence-electron chi connectivity index (χ4n) is 7.80. The molecule has 2 amide bonds. The number of nitrogens with zero attached hydrogens (tertiary/aromatic N) is 1. The minimum atomic E-state index is -0.347. The number of hydrogen-bond acceptors (Lipinski definition) is 6. The predicted molar refractivity (Wildman–Crippen MR) is 165 cm³/mol. The van der Waals surface area contributed by atoms with Gasteiger partial charge in [-0.25, -0.2) is 0 Å². The molecule has 212 valence electrons. The molecule has 3 fully saturated rings. The molecule has 6 nitrogen and oxygen atoms in total. The molecule has 4 aromatic rings. The molecule has 2 aliphatic heterocycles. The maximum atomic E-state index is 13.9. The molecule has 0 radical (unpaired) electrons. The van der Waals surface area contributed by atoms with Crippen LogP contribution in [0.2, 0.25) is 10.0 Å². The van der Waals surface area contributed by atoms with Crippen molar-refractivity contribution in [3.8, 4) is 5.75 Å². The zero-order valence-electron chi connectivity index (χ0n) is 22.0. The number of imide groups is 1. The van der Waals surface area contributed by atoms with Crippen LogP contribution in [0.5, 0.6) is 5.75 Å². The summed E-state index contributed by atoms with van der Waals surface area (Å²) in [6, 6.07) is 22.6. The van der Waals surface area contributed by atoms with Gasteiger partial charge in [-0.2, -0.15) is 0 Å². The van der Waals surface area contributed by atoms with Gasteiger partial charge in [0.15, 0.2) is 0 Å². The summed E-state index contributed by atoms with van der Waals surface area (Å²) in [5.41, 5.74) is 2.65. The first-order valence-electron chi connectivity index (χ1n) is 13.9. The van der Waals surface area contributed by atoms with Crippen molar-refractivity contribution in [3.63, 3.8) is 0 Å². The molecule has 3 heterocycles. The number of nitrogens with one attached hydrogen (secondary N) is 1. The average Bonchev–Trinajstić information content (AvgIpc) is 3.72. The van der Waals surface area contributed by atoms with Gasteiger partial charge in [-0.3, -0.25) is 19.3 Å². The quantitative estimate of drug-likeness (QED) is 0.239. The first-order valence-corrected chi connectivity index (χ1v) is 16.3. The van der Waals surface area contributed by atoms with E-state index in [1.54, 1.807) is 36.0 Å². The van der Waals surface area contributed by atoms with Gasteiger partial charge in [-0.1, -0.05) is 58.8 Å². The number of thioether (sulfide) groups is 1. The van der Waals surface area contributed by atoms with Gasteiger partial charge in [0.2, 0.25) is 11.8 Å². The maximum Gasteiger partial charge on any atom is 0.305 e. The lowest BCUT2D eigenvalue weighted by atomic mass is 9.68. The molecule has 5 unspecified atom stereocenters. The highest BCUT2D eigenvalue weighted by molar-refractivity contribution is 8.00. The van der Waals surface area contributed by atoms with Crippen molar-refractivity contribution in [3.05, 3.63) is 109 Å². The number of rotatable bonds is 5. The average molecular weight is 636 g/mol. The van der Waals surface area contributed by atoms with E-state index in [4.69, 9.17) is 27.9 Å². The van der Waals surface area contributed by atoms with Crippen LogP contribution in [-0.4, -0.2) is 22.0 Å². The molecule has 10 heteroatoms. The van der Waals surface area contributed by atoms with E-state index in [2.05, 4.69) is 17.1 Å². The van der Waals surface area contributed by atoms with Crippen LogP contribution in [0.1, 0.15) is 28.3 Å². The van der Waals surface area contributed by atoms with E-state index in [1.165, 1.54) is 16.2 Å². The number of hydrogen-bond donors (Lipinski definition) is 1. The smallest absolute Gasteiger partial charge is 0.305 e. The lowest BCUT2D eigenvalue weighted by Gasteiger charge is -2.43. The summed E-state index contributed by atoms with van der Waals surface area (Å²) in [7, 11) is 0. The molecule has 42 heavy (non-hydrogen) atoms.